The van der Waals surface area contributed by atoms with Gasteiger partial charge in [-0.05, 0) is 52.9 Å². The van der Waals surface area contributed by atoms with Crippen LogP contribution >= 0.6 is 0 Å². The molecule has 1 aliphatic carbocycles. The fraction of sp³-hybridized carbons (Fsp3) is 0.321. The number of nitrogen functional groups attached to an aromatic ring is 1. The maximum absolute atomic E-state index is 12.2. The number of nitrogens with one attached hydrogen (secondary N) is 1. The molecule has 7 heteroatoms. The molecule has 0 saturated carbocycles. The van der Waals surface area contributed by atoms with Gasteiger partial charge < -0.3 is 30.0 Å². The lowest BCUT2D eigenvalue weighted by Gasteiger charge is -2.14. The summed E-state index contributed by atoms with van der Waals surface area (Å²) >= 11 is 0. The van der Waals surface area contributed by atoms with Crippen molar-refractivity contribution in [3.8, 4) is 16.9 Å². The largest absolute Gasteiger partial charge is 0.491 e. The summed E-state index contributed by atoms with van der Waals surface area (Å²) in [6.07, 6.45) is 0.293. The number of nitrogens with two attached hydrogens (primary N) is 1. The molecule has 4 rings (SSSR count). The molecule has 3 aromatic rings. The Morgan fingerprint density at radius 2 is 1.37 bits per heavy atom. The average Bonchev–Trinajstić information content (AvgIpc) is 3.21. The molecular weight excluding hydrogens is 444 g/mol. The molecule has 0 saturated heterocycles. The average molecular weight is 477 g/mol. The van der Waals surface area contributed by atoms with Crippen LogP contribution in [0.25, 0.3) is 11.1 Å². The van der Waals surface area contributed by atoms with Gasteiger partial charge in [-0.15, -0.1) is 0 Å². The number of carbonyl (C=O) groups is 1. The number of rotatable bonds is 13. The van der Waals surface area contributed by atoms with Crippen LogP contribution in [0, 0.1) is 0 Å². The van der Waals surface area contributed by atoms with E-state index in [1.165, 1.54) is 22.3 Å². The number of hydrogen-bond acceptors (Lipinski definition) is 6. The first-order valence-corrected chi connectivity index (χ1v) is 11.9. The van der Waals surface area contributed by atoms with E-state index in [2.05, 4.69) is 29.6 Å². The van der Waals surface area contributed by atoms with Gasteiger partial charge in [0.2, 0.25) is 0 Å². The molecule has 1 amide bonds. The second-order valence-electron chi connectivity index (χ2n) is 8.25. The number of hydrogen-bond donors (Lipinski definition) is 2. The van der Waals surface area contributed by atoms with Crippen molar-refractivity contribution < 1.29 is 23.7 Å². The zero-order valence-corrected chi connectivity index (χ0v) is 19.8. The maximum Gasteiger partial charge on any atom is 0.407 e. The van der Waals surface area contributed by atoms with E-state index in [4.69, 9.17) is 24.7 Å². The molecular formula is C28H32N2O5. The highest BCUT2D eigenvalue weighted by atomic mass is 16.6. The Morgan fingerprint density at radius 1 is 0.771 bits per heavy atom. The molecule has 0 atom stereocenters. The third-order valence-corrected chi connectivity index (χ3v) is 5.83. The normalized spacial score (nSPS) is 12.1. The first-order chi connectivity index (χ1) is 17.2. The minimum absolute atomic E-state index is 0.0633. The summed E-state index contributed by atoms with van der Waals surface area (Å²) in [4.78, 5) is 12.2. The second-order valence-corrected chi connectivity index (χ2v) is 8.25. The van der Waals surface area contributed by atoms with E-state index in [0.29, 0.717) is 58.3 Å². The van der Waals surface area contributed by atoms with E-state index in [0.717, 1.165) is 5.75 Å². The zero-order chi connectivity index (χ0) is 24.3. The van der Waals surface area contributed by atoms with Crippen LogP contribution in [0.5, 0.6) is 5.75 Å². The van der Waals surface area contributed by atoms with Crippen molar-refractivity contribution in [1.29, 1.82) is 0 Å². The Hall–Kier alpha value is -3.55. The van der Waals surface area contributed by atoms with Crippen molar-refractivity contribution in [1.82, 2.24) is 5.32 Å². The van der Waals surface area contributed by atoms with E-state index < -0.39 is 6.09 Å². The minimum Gasteiger partial charge on any atom is -0.491 e. The van der Waals surface area contributed by atoms with Gasteiger partial charge in [-0.2, -0.15) is 0 Å². The van der Waals surface area contributed by atoms with Gasteiger partial charge in [-0.25, -0.2) is 4.79 Å². The van der Waals surface area contributed by atoms with Crippen LogP contribution in [0.2, 0.25) is 0 Å². The smallest absolute Gasteiger partial charge is 0.407 e. The highest BCUT2D eigenvalue weighted by Crippen LogP contribution is 2.44. The van der Waals surface area contributed by atoms with Crippen molar-refractivity contribution in [3.05, 3.63) is 83.9 Å². The van der Waals surface area contributed by atoms with Crippen LogP contribution in [0.1, 0.15) is 23.5 Å². The number of anilines is 1. The van der Waals surface area contributed by atoms with E-state index in [1.54, 1.807) is 12.1 Å². The van der Waals surface area contributed by atoms with E-state index >= 15 is 0 Å². The highest BCUT2D eigenvalue weighted by molar-refractivity contribution is 5.79. The van der Waals surface area contributed by atoms with Crippen LogP contribution in [0.3, 0.4) is 0 Å². The quantitative estimate of drug-likeness (QED) is 0.277. The Labute approximate surface area is 206 Å². The fourth-order valence-corrected chi connectivity index (χ4v) is 4.12. The third-order valence-electron chi connectivity index (χ3n) is 5.83. The maximum atomic E-state index is 12.2. The van der Waals surface area contributed by atoms with Crippen molar-refractivity contribution >= 4 is 11.8 Å². The van der Waals surface area contributed by atoms with Crippen molar-refractivity contribution in [2.24, 2.45) is 0 Å². The SMILES string of the molecule is Nc1ccc(OCCOCCOCCCNC(=O)OCC2c3ccccc3-c3ccccc32)cc1. The van der Waals surface area contributed by atoms with E-state index in [-0.39, 0.29) is 5.92 Å². The summed E-state index contributed by atoms with van der Waals surface area (Å²) in [5, 5.41) is 2.80. The van der Waals surface area contributed by atoms with Gasteiger partial charge in [-0.1, -0.05) is 48.5 Å². The molecule has 1 aliphatic rings. The van der Waals surface area contributed by atoms with Gasteiger partial charge >= 0.3 is 6.09 Å². The Morgan fingerprint density at radius 3 is 2.06 bits per heavy atom. The number of benzene rings is 3. The summed E-state index contributed by atoms with van der Waals surface area (Å²) in [6.45, 7) is 3.28. The second kappa shape index (κ2) is 12.8. The summed E-state index contributed by atoms with van der Waals surface area (Å²) < 4.78 is 22.1. The zero-order valence-electron chi connectivity index (χ0n) is 19.8. The molecule has 0 aromatic heterocycles. The molecule has 0 aliphatic heterocycles. The number of alkyl carbamates (subject to hydrolysis) is 1. The molecule has 0 fully saturated rings. The molecule has 0 heterocycles. The number of carbonyl (C=O) groups excluding carboxylic acids is 1. The first-order valence-electron chi connectivity index (χ1n) is 11.9. The van der Waals surface area contributed by atoms with Crippen LogP contribution in [0.15, 0.2) is 72.8 Å². The van der Waals surface area contributed by atoms with Crippen LogP contribution in [-0.2, 0) is 14.2 Å². The lowest BCUT2D eigenvalue weighted by molar-refractivity contribution is 0.0357. The fourth-order valence-electron chi connectivity index (χ4n) is 4.12. The Balaban J connectivity index is 1.03. The number of ether oxygens (including phenoxy) is 4. The van der Waals surface area contributed by atoms with Gasteiger partial charge in [0.1, 0.15) is 19.0 Å². The molecule has 0 radical (unpaired) electrons. The molecule has 184 valence electrons. The highest BCUT2D eigenvalue weighted by Gasteiger charge is 2.28. The van der Waals surface area contributed by atoms with Gasteiger partial charge in [0.05, 0.1) is 19.8 Å². The summed E-state index contributed by atoms with van der Waals surface area (Å²) in [5.74, 6) is 0.830. The molecule has 7 nitrogen and oxygen atoms in total. The standard InChI is InChI=1S/C28H32N2O5/c29-21-10-12-22(13-11-21)34-19-18-33-17-16-32-15-5-14-30-28(31)35-20-27-25-8-3-1-6-23(25)24-7-2-4-9-26(24)27/h1-4,6-13,27H,5,14-20,29H2,(H,30,31). The topological polar surface area (TPSA) is 92.0 Å². The summed E-state index contributed by atoms with van der Waals surface area (Å²) in [7, 11) is 0. The molecule has 0 spiro atoms. The van der Waals surface area contributed by atoms with Crippen LogP contribution in [-0.4, -0.2) is 52.3 Å². The van der Waals surface area contributed by atoms with Crippen LogP contribution < -0.4 is 15.8 Å². The molecule has 35 heavy (non-hydrogen) atoms. The number of fused-ring (bicyclic) bond motifs is 3. The van der Waals surface area contributed by atoms with Crippen molar-refractivity contribution in [2.75, 3.05) is 51.9 Å². The lowest BCUT2D eigenvalue weighted by atomic mass is 9.98. The van der Waals surface area contributed by atoms with Gasteiger partial charge in [-0.3, -0.25) is 0 Å². The molecule has 3 N–H and O–H groups in total. The molecule has 0 bridgehead atoms. The van der Waals surface area contributed by atoms with Crippen LogP contribution in [0.4, 0.5) is 10.5 Å². The monoisotopic (exact) mass is 476 g/mol. The van der Waals surface area contributed by atoms with Gasteiger partial charge in [0, 0.05) is 24.8 Å². The van der Waals surface area contributed by atoms with E-state index in [1.807, 2.05) is 36.4 Å². The Kier molecular flexibility index (Phi) is 8.98. The van der Waals surface area contributed by atoms with Gasteiger partial charge in [0.15, 0.2) is 0 Å². The summed E-state index contributed by atoms with van der Waals surface area (Å²) in [6, 6.07) is 23.8. The summed E-state index contributed by atoms with van der Waals surface area (Å²) in [5.41, 5.74) is 11.2. The number of amides is 1. The first kappa shape index (κ1) is 24.6. The van der Waals surface area contributed by atoms with Gasteiger partial charge in [0.25, 0.3) is 0 Å². The van der Waals surface area contributed by atoms with Crippen molar-refractivity contribution in [2.45, 2.75) is 12.3 Å². The lowest BCUT2D eigenvalue weighted by Crippen LogP contribution is -2.27. The minimum atomic E-state index is -0.406. The predicted molar refractivity (Wildman–Crippen MR) is 136 cm³/mol. The van der Waals surface area contributed by atoms with Crippen molar-refractivity contribution in [3.63, 3.8) is 0 Å². The Bertz CT molecular complexity index is 1040. The molecule has 0 unspecified atom stereocenters. The van der Waals surface area contributed by atoms with E-state index in [9.17, 15) is 4.79 Å². The predicted octanol–water partition coefficient (Wildman–Crippen LogP) is 4.61. The third kappa shape index (κ3) is 6.97. The molecule has 3 aromatic carbocycles.